The summed E-state index contributed by atoms with van der Waals surface area (Å²) >= 11 is 1.26. The molecular weight excluding hydrogens is 1950 g/mol. The summed E-state index contributed by atoms with van der Waals surface area (Å²) < 4.78 is 103. The van der Waals surface area contributed by atoms with Crippen LogP contribution in [0.25, 0.3) is 66.7 Å². The van der Waals surface area contributed by atoms with E-state index >= 15 is 0 Å². The molecule has 2 aliphatic rings. The summed E-state index contributed by atoms with van der Waals surface area (Å²) in [5.74, 6) is 1.43. The second kappa shape index (κ2) is 54.4. The summed E-state index contributed by atoms with van der Waals surface area (Å²) in [6.07, 6.45) is 2.86. The van der Waals surface area contributed by atoms with Crippen LogP contribution in [0.4, 0.5) is 0 Å². The highest BCUT2D eigenvalue weighted by molar-refractivity contribution is 7.00. The molecule has 6 aromatic carbocycles. The highest BCUT2D eigenvalue weighted by Gasteiger charge is 2.45. The van der Waals surface area contributed by atoms with Gasteiger partial charge in [0.05, 0.1) is 271 Å². The Morgan fingerprint density at radius 1 is 0.240 bits per heavy atom. The Kier molecular flexibility index (Phi) is 50.4. The maximum absolute atomic E-state index is 6.73. The van der Waals surface area contributed by atoms with Crippen LogP contribution in [0, 0.1) is 0 Å². The summed E-state index contributed by atoms with van der Waals surface area (Å²) in [4.78, 5) is 0. The molecule has 0 radical (unpaired) electrons. The first-order valence-electron chi connectivity index (χ1n) is 41.8. The quantitative estimate of drug-likeness (QED) is 0.0263. The Morgan fingerprint density at radius 3 is 0.818 bits per heavy atom. The lowest BCUT2D eigenvalue weighted by atomic mass is 9.72. The lowest BCUT2D eigenvalue weighted by Gasteiger charge is -2.33. The van der Waals surface area contributed by atoms with Crippen molar-refractivity contribution in [3.63, 3.8) is 0 Å². The van der Waals surface area contributed by atoms with Crippen LogP contribution >= 0.6 is 11.7 Å². The number of nitrogens with zero attached hydrogens (tertiary/aromatic N) is 8. The van der Waals surface area contributed by atoms with Crippen LogP contribution in [-0.4, -0.2) is 374 Å². The van der Waals surface area contributed by atoms with Crippen LogP contribution in [0.5, 0.6) is 11.5 Å². The fraction of sp³-hybridized carbons (Fsp3) is 0.609. The van der Waals surface area contributed by atoms with E-state index in [4.69, 9.17) is 75.1 Å². The molecule has 1 aromatic heterocycles. The normalized spacial score (nSPS) is 13.4. The van der Waals surface area contributed by atoms with Gasteiger partial charge in [-0.1, -0.05) is 72.8 Å². The minimum atomic E-state index is -0.599. The molecule has 121 heavy (non-hydrogen) atoms. The van der Waals surface area contributed by atoms with Gasteiger partial charge in [-0.3, -0.25) is 0 Å². The highest BCUT2D eigenvalue weighted by Crippen LogP contribution is 2.57. The molecule has 22 nitrogen and oxygen atoms in total. The van der Waals surface area contributed by atoms with E-state index in [9.17, 15) is 0 Å². The van der Waals surface area contributed by atoms with Crippen molar-refractivity contribution < 1.29 is 195 Å². The SMILES string of the molecule is C[N+](C)(C)CCOCCOCCOc1ccc(OCCOCCOCC[N+](C)(C)C)c(-c2ccc3c(c2)C(CCOCCOCC[N+](C)(C)C)(CCOCCOCC[N+](C)(C)C)c2cc(-c4ccc(-c5ccc6c(c5)C(CCOCCOCC[N+](C)(C)C)(CCOCCOCC[N+](C)(C)C)c5ccccc5-6)c5nsnc45)ccc2-3)c1.[Br-].[Br-].[Br-].[Br-].[Br-].[Br-]. The Balaban J connectivity index is 0.00000630. The van der Waals surface area contributed by atoms with Crippen LogP contribution < -0.4 is 111 Å². The molecular formula is C92H144Br6N8O14S. The van der Waals surface area contributed by atoms with Gasteiger partial charge in [-0.25, -0.2) is 0 Å². The molecule has 0 saturated carbocycles. The van der Waals surface area contributed by atoms with Gasteiger partial charge in [-0.2, -0.15) is 8.75 Å². The van der Waals surface area contributed by atoms with Crippen molar-refractivity contribution >= 4 is 22.8 Å². The maximum Gasteiger partial charge on any atom is 0.127 e. The average molecular weight is 2100 g/mol. The van der Waals surface area contributed by atoms with Crippen LogP contribution in [-0.2, 0) is 67.7 Å². The number of benzene rings is 6. The predicted molar refractivity (Wildman–Crippen MR) is 463 cm³/mol. The Morgan fingerprint density at radius 2 is 0.496 bits per heavy atom. The van der Waals surface area contributed by atoms with E-state index in [1.165, 1.54) is 50.7 Å². The number of fused-ring (bicyclic) bond motifs is 7. The Bertz CT molecular complexity index is 4030. The Labute approximate surface area is 793 Å². The van der Waals surface area contributed by atoms with E-state index in [1.54, 1.807) is 0 Å². The molecule has 9 rings (SSSR count). The van der Waals surface area contributed by atoms with Crippen molar-refractivity contribution in [2.75, 3.05) is 338 Å². The number of hydrogen-bond donors (Lipinski definition) is 0. The molecule has 29 heteroatoms. The second-order valence-electron chi connectivity index (χ2n) is 36.9. The van der Waals surface area contributed by atoms with Crippen molar-refractivity contribution in [1.82, 2.24) is 8.75 Å². The topological polar surface area (TPSA) is 155 Å². The van der Waals surface area contributed by atoms with Gasteiger partial charge >= 0.3 is 0 Å². The molecule has 0 aliphatic heterocycles. The zero-order valence-corrected chi connectivity index (χ0v) is 86.1. The van der Waals surface area contributed by atoms with Crippen LogP contribution in [0.3, 0.4) is 0 Å². The average Bonchev–Trinajstić information content (AvgIpc) is 1.57. The molecule has 0 fully saturated rings. The highest BCUT2D eigenvalue weighted by atomic mass is 79.9. The number of rotatable bonds is 59. The van der Waals surface area contributed by atoms with Crippen LogP contribution in [0.2, 0.25) is 0 Å². The van der Waals surface area contributed by atoms with E-state index in [0.717, 1.165) is 135 Å². The third-order valence-electron chi connectivity index (χ3n) is 21.3. The molecule has 2 aliphatic carbocycles. The predicted octanol–water partition coefficient (Wildman–Crippen LogP) is -6.00. The van der Waals surface area contributed by atoms with E-state index in [2.05, 4.69) is 224 Å². The molecule has 684 valence electrons. The zero-order chi connectivity index (χ0) is 82.6. The molecule has 0 saturated heterocycles. The standard InChI is InChI=1S/C92H144N8O14S.6BrH/c1-95(2,3)37-47-105-57-53-101-43-33-91(34-44-102-54-58-106-48-38-96(4,5)6)84-22-20-19-21-79(84)80-27-23-73(69-85(80)91)77-30-31-78(90-89(77)93-115-94-90)74-24-28-81-82-29-25-75(71-87(82)92(86(81)70-74,35-45-103-55-59-107-49-39-97(7,8)9)36-46-104-56-60-108-50-40-98(10,11)12)83-72-76(113-67-65-111-63-61-109-51-41-99(13,14)15)26-32-88(83)114-68-66-112-64-62-110-52-42-100(16,17)18;;;;;;/h19-32,69-72H,33-68H2,1-18H3;6*1H/q+6;;;;;;/p-6. The van der Waals surface area contributed by atoms with Gasteiger partial charge in [0, 0.05) is 53.9 Å². The van der Waals surface area contributed by atoms with E-state index in [-0.39, 0.29) is 102 Å². The van der Waals surface area contributed by atoms with E-state index in [0.29, 0.717) is 190 Å². The fourth-order valence-electron chi connectivity index (χ4n) is 14.4. The summed E-state index contributed by atoms with van der Waals surface area (Å²) in [6, 6.07) is 40.4. The maximum atomic E-state index is 6.73. The minimum absolute atomic E-state index is 0. The molecule has 0 amide bonds. The first kappa shape index (κ1) is 112. The first-order chi connectivity index (χ1) is 54.8. The fourth-order valence-corrected chi connectivity index (χ4v) is 15.0. The van der Waals surface area contributed by atoms with Crippen LogP contribution in [0.1, 0.15) is 47.9 Å². The summed E-state index contributed by atoms with van der Waals surface area (Å²) in [5.41, 5.74) is 16.5. The lowest BCUT2D eigenvalue weighted by Crippen LogP contribution is -3.00. The molecule has 0 atom stereocenters. The van der Waals surface area contributed by atoms with E-state index < -0.39 is 10.8 Å². The van der Waals surface area contributed by atoms with Gasteiger partial charge < -0.3 is 195 Å². The largest absolute Gasteiger partial charge is 1.00 e. The number of halogens is 6. The van der Waals surface area contributed by atoms with Gasteiger partial charge in [0.2, 0.25) is 0 Å². The number of ether oxygens (including phenoxy) is 14. The third-order valence-corrected chi connectivity index (χ3v) is 21.8. The van der Waals surface area contributed by atoms with Crippen molar-refractivity contribution in [3.05, 3.63) is 131 Å². The van der Waals surface area contributed by atoms with Crippen molar-refractivity contribution in [3.8, 4) is 67.1 Å². The smallest absolute Gasteiger partial charge is 0.127 e. The third kappa shape index (κ3) is 36.8. The monoisotopic (exact) mass is 2090 g/mol. The molecule has 0 bridgehead atoms. The summed E-state index contributed by atoms with van der Waals surface area (Å²) in [6.45, 7) is 19.2. The molecule has 7 aromatic rings. The van der Waals surface area contributed by atoms with Gasteiger partial charge in [0.15, 0.2) is 0 Å². The number of aromatic nitrogens is 2. The van der Waals surface area contributed by atoms with E-state index in [1.807, 2.05) is 12.1 Å². The lowest BCUT2D eigenvalue weighted by molar-refractivity contribution is -0.870. The van der Waals surface area contributed by atoms with Crippen LogP contribution in [0.15, 0.2) is 109 Å². The van der Waals surface area contributed by atoms with Crippen molar-refractivity contribution in [2.24, 2.45) is 0 Å². The Hall–Kier alpha value is -3.10. The summed E-state index contributed by atoms with van der Waals surface area (Å²) in [7, 11) is 39.2. The summed E-state index contributed by atoms with van der Waals surface area (Å²) in [5, 5.41) is 0. The number of quaternary nitrogens is 6. The number of hydrogen-bond acceptors (Lipinski definition) is 17. The van der Waals surface area contributed by atoms with Crippen molar-refractivity contribution in [2.45, 2.75) is 36.5 Å². The van der Waals surface area contributed by atoms with Gasteiger partial charge in [0.1, 0.15) is 75.0 Å². The number of likely N-dealkylation sites (N-methyl/N-ethyl adjacent to an activating group) is 6. The first-order valence-corrected chi connectivity index (χ1v) is 42.5. The van der Waals surface area contributed by atoms with Crippen molar-refractivity contribution in [1.29, 1.82) is 0 Å². The van der Waals surface area contributed by atoms with Gasteiger partial charge in [-0.15, -0.1) is 0 Å². The van der Waals surface area contributed by atoms with Gasteiger partial charge in [-0.05, 0) is 123 Å². The molecule has 0 unspecified atom stereocenters. The van der Waals surface area contributed by atoms with Gasteiger partial charge in [0.25, 0.3) is 0 Å². The second-order valence-corrected chi connectivity index (χ2v) is 37.4. The molecule has 0 spiro atoms. The molecule has 1 heterocycles. The minimum Gasteiger partial charge on any atom is -1.00 e. The zero-order valence-electron chi connectivity index (χ0n) is 75.8. The molecule has 0 N–H and O–H groups in total.